The maximum Gasteiger partial charge on any atom is 0.282 e. The number of nitrogens with zero attached hydrogens (tertiary/aromatic N) is 4. The van der Waals surface area contributed by atoms with Crippen LogP contribution < -0.4 is 0 Å². The maximum absolute atomic E-state index is 14.8. The second-order valence-corrected chi connectivity index (χ2v) is 11.7. The summed E-state index contributed by atoms with van der Waals surface area (Å²) in [6.45, 7) is 2.83. The van der Waals surface area contributed by atoms with Gasteiger partial charge in [-0.25, -0.2) is 31.3 Å². The number of fused-ring (bicyclic) bond motifs is 1. The summed E-state index contributed by atoms with van der Waals surface area (Å²) in [7, 11) is -3.71. The van der Waals surface area contributed by atoms with Gasteiger partial charge in [0.05, 0.1) is 11.9 Å². The number of sulfone groups is 1. The van der Waals surface area contributed by atoms with E-state index in [-0.39, 0.29) is 42.5 Å². The molecule has 6 nitrogen and oxygen atoms in total. The molecule has 3 aromatic heterocycles. The third-order valence-corrected chi connectivity index (χ3v) is 8.51. The average Bonchev–Trinajstić information content (AvgIpc) is 3.61. The van der Waals surface area contributed by atoms with Gasteiger partial charge in [0.15, 0.2) is 21.3 Å². The van der Waals surface area contributed by atoms with E-state index in [1.165, 1.54) is 42.3 Å². The molecule has 0 saturated heterocycles. The van der Waals surface area contributed by atoms with Gasteiger partial charge in [0.25, 0.3) is 5.92 Å². The summed E-state index contributed by atoms with van der Waals surface area (Å²) in [6.07, 6.45) is 6.43. The van der Waals surface area contributed by atoms with Gasteiger partial charge in [0.2, 0.25) is 0 Å². The lowest BCUT2D eigenvalue weighted by molar-refractivity contribution is -0.119. The molecule has 0 radical (unpaired) electrons. The SMILES string of the molecule is CCS(=O)(=O)c1cc(-c2ccc(C3CC3)cc2)cnc1-n1cc2ncc(C(C)(F)C(C)(F)F)cc2n1.F.F. The molecule has 3 heterocycles. The zero-order valence-electron chi connectivity index (χ0n) is 20.9. The summed E-state index contributed by atoms with van der Waals surface area (Å²) >= 11 is 0. The van der Waals surface area contributed by atoms with E-state index >= 15 is 0 Å². The fourth-order valence-corrected chi connectivity index (χ4v) is 5.08. The van der Waals surface area contributed by atoms with E-state index in [2.05, 4.69) is 27.2 Å². The highest BCUT2D eigenvalue weighted by molar-refractivity contribution is 7.91. The predicted octanol–water partition coefficient (Wildman–Crippen LogP) is 6.30. The summed E-state index contributed by atoms with van der Waals surface area (Å²) in [5.74, 6) is -3.13. The first-order valence-electron chi connectivity index (χ1n) is 11.7. The van der Waals surface area contributed by atoms with Crippen molar-refractivity contribution in [3.8, 4) is 16.9 Å². The summed E-state index contributed by atoms with van der Waals surface area (Å²) in [5, 5.41) is 4.30. The Labute approximate surface area is 216 Å². The first kappa shape index (κ1) is 29.2. The Morgan fingerprint density at radius 1 is 0.947 bits per heavy atom. The molecule has 0 spiro atoms. The molecular weight excluding hydrogens is 527 g/mol. The molecule has 1 aliphatic carbocycles. The Morgan fingerprint density at radius 3 is 2.18 bits per heavy atom. The molecule has 1 saturated carbocycles. The molecule has 0 bridgehead atoms. The van der Waals surface area contributed by atoms with E-state index in [0.29, 0.717) is 18.4 Å². The lowest BCUT2D eigenvalue weighted by Gasteiger charge is -2.27. The lowest BCUT2D eigenvalue weighted by atomic mass is 9.93. The van der Waals surface area contributed by atoms with Gasteiger partial charge in [-0.3, -0.25) is 14.4 Å². The first-order valence-corrected chi connectivity index (χ1v) is 13.3. The second-order valence-electron chi connectivity index (χ2n) is 9.44. The number of rotatable bonds is 7. The van der Waals surface area contributed by atoms with Gasteiger partial charge in [-0.1, -0.05) is 31.2 Å². The van der Waals surface area contributed by atoms with E-state index in [0.717, 1.165) is 18.7 Å². The number of alkyl halides is 3. The molecule has 0 N–H and O–H groups in total. The third kappa shape index (κ3) is 5.13. The van der Waals surface area contributed by atoms with Crippen LogP contribution in [-0.2, 0) is 15.5 Å². The van der Waals surface area contributed by atoms with Crippen LogP contribution >= 0.6 is 0 Å². The Morgan fingerprint density at radius 2 is 1.61 bits per heavy atom. The monoisotopic (exact) mass is 554 g/mol. The van der Waals surface area contributed by atoms with Gasteiger partial charge < -0.3 is 0 Å². The van der Waals surface area contributed by atoms with Crippen molar-refractivity contribution >= 4 is 20.9 Å². The minimum atomic E-state index is -3.71. The number of pyridine rings is 2. The molecule has 12 heteroatoms. The van der Waals surface area contributed by atoms with E-state index in [1.54, 1.807) is 12.3 Å². The number of benzene rings is 1. The second kappa shape index (κ2) is 10.0. The Bertz CT molecular complexity index is 1560. The molecule has 1 unspecified atom stereocenters. The highest BCUT2D eigenvalue weighted by Gasteiger charge is 2.48. The summed E-state index contributed by atoms with van der Waals surface area (Å²) in [6, 6.07) is 10.8. The molecule has 1 aromatic carbocycles. The summed E-state index contributed by atoms with van der Waals surface area (Å²) in [4.78, 5) is 8.48. The maximum atomic E-state index is 14.8. The van der Waals surface area contributed by atoms with Gasteiger partial charge in [-0.15, -0.1) is 0 Å². The Hall–Kier alpha value is -3.41. The van der Waals surface area contributed by atoms with Crippen LogP contribution in [0.4, 0.5) is 22.6 Å². The zero-order chi connectivity index (χ0) is 25.9. The minimum absolute atomic E-state index is 0. The van der Waals surface area contributed by atoms with Crippen LogP contribution in [0.1, 0.15) is 50.7 Å². The van der Waals surface area contributed by atoms with E-state index in [1.807, 2.05) is 12.1 Å². The van der Waals surface area contributed by atoms with Crippen LogP contribution in [0.3, 0.4) is 0 Å². The van der Waals surface area contributed by atoms with Gasteiger partial charge in [0, 0.05) is 30.4 Å². The van der Waals surface area contributed by atoms with Crippen molar-refractivity contribution in [1.29, 1.82) is 0 Å². The number of hydrogen-bond donors (Lipinski definition) is 0. The number of aromatic nitrogens is 4. The minimum Gasteiger partial charge on any atom is -0.269 e. The quantitative estimate of drug-likeness (QED) is 0.251. The van der Waals surface area contributed by atoms with Gasteiger partial charge in [0.1, 0.15) is 15.9 Å². The average molecular weight is 555 g/mol. The van der Waals surface area contributed by atoms with Crippen molar-refractivity contribution in [2.45, 2.75) is 56.0 Å². The standard InChI is InChI=1S/C26H25F3N4O2S.2FH/c1-4-36(34,35)23-11-19(18-9-7-17(8-10-18)16-5-6-16)13-31-24(23)33-15-22-21(32-33)12-20(14-30-22)25(2,27)26(3,28)29;;/h7-16H,4-6H2,1-3H3;2*1H. The topological polar surface area (TPSA) is 77.7 Å². The van der Waals surface area contributed by atoms with Crippen molar-refractivity contribution in [2.24, 2.45) is 0 Å². The summed E-state index contributed by atoms with van der Waals surface area (Å²) < 4.78 is 69.7. The van der Waals surface area contributed by atoms with Crippen LogP contribution in [0.5, 0.6) is 0 Å². The van der Waals surface area contributed by atoms with Gasteiger partial charge in [-0.2, -0.15) is 5.10 Å². The molecule has 1 aliphatic rings. The molecule has 1 fully saturated rings. The molecule has 204 valence electrons. The molecule has 0 aliphatic heterocycles. The summed E-state index contributed by atoms with van der Waals surface area (Å²) in [5.41, 5.74) is -0.104. The molecule has 1 atom stereocenters. The first-order chi connectivity index (χ1) is 16.9. The number of hydrogen-bond acceptors (Lipinski definition) is 5. The van der Waals surface area contributed by atoms with E-state index < -0.39 is 21.4 Å². The van der Waals surface area contributed by atoms with Crippen molar-refractivity contribution in [2.75, 3.05) is 5.75 Å². The third-order valence-electron chi connectivity index (χ3n) is 6.78. The molecule has 0 amide bonds. The van der Waals surface area contributed by atoms with Crippen LogP contribution in [0.2, 0.25) is 0 Å². The van der Waals surface area contributed by atoms with Crippen molar-refractivity contribution < 1.29 is 31.0 Å². The molecular formula is C26H27F5N4O2S. The van der Waals surface area contributed by atoms with E-state index in [9.17, 15) is 21.6 Å². The predicted molar refractivity (Wildman–Crippen MR) is 136 cm³/mol. The van der Waals surface area contributed by atoms with Crippen molar-refractivity contribution in [1.82, 2.24) is 19.7 Å². The van der Waals surface area contributed by atoms with Crippen LogP contribution in [0.25, 0.3) is 28.0 Å². The van der Waals surface area contributed by atoms with Crippen LogP contribution in [-0.4, -0.2) is 39.8 Å². The van der Waals surface area contributed by atoms with Crippen LogP contribution in [0, 0.1) is 0 Å². The fraction of sp³-hybridized carbons (Fsp3) is 0.346. The largest absolute Gasteiger partial charge is 0.282 e. The fourth-order valence-electron chi connectivity index (χ4n) is 4.04. The van der Waals surface area contributed by atoms with Gasteiger partial charge in [-0.05, 0) is 48.9 Å². The van der Waals surface area contributed by atoms with Crippen molar-refractivity contribution in [3.63, 3.8) is 0 Å². The Kier molecular flexibility index (Phi) is 7.71. The normalized spacial score (nSPS) is 15.4. The molecule has 38 heavy (non-hydrogen) atoms. The van der Waals surface area contributed by atoms with Gasteiger partial charge >= 0.3 is 0 Å². The van der Waals surface area contributed by atoms with Crippen molar-refractivity contribution in [3.05, 3.63) is 66.1 Å². The zero-order valence-corrected chi connectivity index (χ0v) is 21.7. The molecule has 5 rings (SSSR count). The molecule has 4 aromatic rings. The highest BCUT2D eigenvalue weighted by atomic mass is 32.2. The highest BCUT2D eigenvalue weighted by Crippen LogP contribution is 2.42. The van der Waals surface area contributed by atoms with Crippen LogP contribution in [0.15, 0.2) is 59.9 Å². The Balaban J connectivity index is 0.00000200. The number of halogens is 5. The van der Waals surface area contributed by atoms with E-state index in [4.69, 9.17) is 0 Å². The lowest BCUT2D eigenvalue weighted by Crippen LogP contribution is -2.36. The smallest absolute Gasteiger partial charge is 0.269 e.